The summed E-state index contributed by atoms with van der Waals surface area (Å²) in [7, 11) is -5.43. The summed E-state index contributed by atoms with van der Waals surface area (Å²) in [6.07, 6.45) is -0.878. The second-order valence-electron chi connectivity index (χ2n) is 16.2. The number of ether oxygens (including phenoxy) is 4. The first kappa shape index (κ1) is 51.1. The van der Waals surface area contributed by atoms with Crippen LogP contribution >= 0.6 is 11.3 Å². The number of alkyl carbamates (subject to hydrolysis) is 1. The number of fused-ring (bicyclic) bond motifs is 1. The maximum atomic E-state index is 16.2. The van der Waals surface area contributed by atoms with Crippen molar-refractivity contribution in [3.8, 4) is 39.8 Å². The minimum atomic E-state index is -5.03. The van der Waals surface area contributed by atoms with E-state index in [0.717, 1.165) is 14.6 Å². The summed E-state index contributed by atoms with van der Waals surface area (Å²) < 4.78 is 88.4. The van der Waals surface area contributed by atoms with Gasteiger partial charge >= 0.3 is 6.09 Å². The molecule has 0 fully saturated rings. The third-order valence-corrected chi connectivity index (χ3v) is 16.0. The van der Waals surface area contributed by atoms with E-state index in [1.54, 1.807) is 104 Å². The van der Waals surface area contributed by atoms with E-state index >= 15 is 16.8 Å². The lowest BCUT2D eigenvalue weighted by atomic mass is 9.98. The first-order valence-electron chi connectivity index (χ1n) is 22.3. The molecule has 8 rings (SSSR count). The number of hydrogen-bond donors (Lipinski definition) is 4. The van der Waals surface area contributed by atoms with Gasteiger partial charge in [0.05, 0.1) is 56.3 Å². The third-order valence-electron chi connectivity index (χ3n) is 11.4. The van der Waals surface area contributed by atoms with Gasteiger partial charge in [0.15, 0.2) is 0 Å². The number of aromatic nitrogens is 5. The number of rotatable bonds is 22. The molecule has 0 aliphatic rings. The number of aliphatic hydroxyl groups excluding tert-OH is 1. The van der Waals surface area contributed by atoms with Crippen LogP contribution in [0.15, 0.2) is 143 Å². The Kier molecular flexibility index (Phi) is 16.2. The first-order chi connectivity index (χ1) is 34.8. The van der Waals surface area contributed by atoms with Crippen LogP contribution in [0.25, 0.3) is 32.7 Å². The zero-order chi connectivity index (χ0) is 50.8. The van der Waals surface area contributed by atoms with E-state index in [1.165, 1.54) is 42.5 Å². The van der Waals surface area contributed by atoms with Gasteiger partial charge in [-0.15, -0.1) is 21.5 Å². The van der Waals surface area contributed by atoms with Crippen molar-refractivity contribution in [3.63, 3.8) is 0 Å². The maximum absolute atomic E-state index is 16.2. The number of carbonyl (C=O) groups is 1. The highest BCUT2D eigenvalue weighted by atomic mass is 32.2. The van der Waals surface area contributed by atoms with E-state index in [1.807, 2.05) is 24.3 Å². The van der Waals surface area contributed by atoms with Crippen molar-refractivity contribution in [2.45, 2.75) is 48.6 Å². The van der Waals surface area contributed by atoms with Crippen molar-refractivity contribution >= 4 is 47.7 Å². The molecule has 1 atom stereocenters. The molecule has 2 heterocycles. The van der Waals surface area contributed by atoms with Crippen LogP contribution in [0.5, 0.6) is 17.2 Å². The predicted octanol–water partition coefficient (Wildman–Crippen LogP) is 6.11. The van der Waals surface area contributed by atoms with Crippen molar-refractivity contribution in [2.24, 2.45) is 5.73 Å². The molecule has 72 heavy (non-hydrogen) atoms. The Labute approximate surface area is 420 Å². The Morgan fingerprint density at radius 3 is 1.94 bits per heavy atom. The molecule has 0 aliphatic heterocycles. The van der Waals surface area contributed by atoms with E-state index < -0.39 is 55.1 Å². The van der Waals surface area contributed by atoms with Crippen molar-refractivity contribution in [1.82, 2.24) is 39.5 Å². The van der Waals surface area contributed by atoms with Gasteiger partial charge in [-0.05, 0) is 81.6 Å². The summed E-state index contributed by atoms with van der Waals surface area (Å²) >= 11 is 1.36. The lowest BCUT2D eigenvalue weighted by Crippen LogP contribution is -2.46. The topological polar surface area (TPSA) is 252 Å². The molecule has 1 unspecified atom stereocenters. The molecule has 0 bridgehead atoms. The van der Waals surface area contributed by atoms with Crippen LogP contribution in [0.3, 0.4) is 0 Å². The van der Waals surface area contributed by atoms with Crippen molar-refractivity contribution in [1.29, 1.82) is 0 Å². The number of para-hydroxylation sites is 1. The van der Waals surface area contributed by atoms with Crippen LogP contribution < -0.4 is 30.0 Å². The molecule has 0 aliphatic carbocycles. The summed E-state index contributed by atoms with van der Waals surface area (Å²) in [5, 5.41) is 27.2. The van der Waals surface area contributed by atoms with Gasteiger partial charge in [-0.25, -0.2) is 31.3 Å². The predicted molar refractivity (Wildman–Crippen MR) is 270 cm³/mol. The van der Waals surface area contributed by atoms with Gasteiger partial charge in [0.25, 0.3) is 0 Å². The number of hydrogen-bond acceptors (Lipinski definition) is 16. The molecule has 0 saturated heterocycles. The second-order valence-corrected chi connectivity index (χ2v) is 20.9. The van der Waals surface area contributed by atoms with Crippen LogP contribution in [0.2, 0.25) is 0 Å². The van der Waals surface area contributed by atoms with E-state index in [9.17, 15) is 9.90 Å². The molecule has 0 saturated carbocycles. The van der Waals surface area contributed by atoms with E-state index in [2.05, 4.69) is 20.4 Å². The quantitative estimate of drug-likeness (QED) is 0.0598. The summed E-state index contributed by atoms with van der Waals surface area (Å²) in [4.78, 5) is 17.5. The minimum Gasteiger partial charge on any atom is -0.497 e. The maximum Gasteiger partial charge on any atom is 0.407 e. The molecule has 2 aromatic heterocycles. The number of amides is 1. The summed E-state index contributed by atoms with van der Waals surface area (Å²) in [5.41, 5.74) is 9.55. The van der Waals surface area contributed by atoms with Gasteiger partial charge in [0.2, 0.25) is 25.9 Å². The highest BCUT2D eigenvalue weighted by molar-refractivity contribution is 7.92. The summed E-state index contributed by atoms with van der Waals surface area (Å²) in [5.74, 6) is 1.47. The van der Waals surface area contributed by atoms with Gasteiger partial charge in [0.1, 0.15) is 38.7 Å². The van der Waals surface area contributed by atoms with Crippen molar-refractivity contribution < 1.29 is 45.7 Å². The number of carbonyl (C=O) groups excluding carboxylic acids is 1. The number of nitrogens with one attached hydrogen (secondary N) is 2. The molecule has 1 amide bonds. The molecule has 374 valence electrons. The molecule has 22 heteroatoms. The van der Waals surface area contributed by atoms with Gasteiger partial charge in [-0.3, -0.25) is 0 Å². The van der Waals surface area contributed by atoms with Crippen LogP contribution in [0.4, 0.5) is 4.79 Å². The molecule has 0 radical (unpaired) electrons. The molecular weight excluding hydrogens is 983 g/mol. The Balaban J connectivity index is 1.32. The summed E-state index contributed by atoms with van der Waals surface area (Å²) in [6, 6.07) is 36.3. The SMILES string of the molecule is COc1ccc(CN(Cc2ccc(OC)cc2)S(=O)(=O)c2c(S(=O)(=O)NC(CO)CNC(=O)OCc3ccccc3)ccc(-c3cccc4sc(CN)nc34)c2-c2nnn(Cc3ccc(OC)cc3)n2)cc1. The second kappa shape index (κ2) is 22.8. The Morgan fingerprint density at radius 2 is 1.36 bits per heavy atom. The van der Waals surface area contributed by atoms with Crippen LogP contribution in [-0.4, -0.2) is 98.1 Å². The Bertz CT molecular complexity index is 3310. The lowest BCUT2D eigenvalue weighted by Gasteiger charge is -2.27. The van der Waals surface area contributed by atoms with Crippen LogP contribution in [0.1, 0.15) is 27.3 Å². The number of nitrogens with two attached hydrogens (primary N) is 1. The average Bonchev–Trinajstić information content (AvgIpc) is 4.07. The Hall–Kier alpha value is -7.31. The molecule has 5 N–H and O–H groups in total. The van der Waals surface area contributed by atoms with Gasteiger partial charge in [0, 0.05) is 31.7 Å². The minimum absolute atomic E-state index is 0.0665. The summed E-state index contributed by atoms with van der Waals surface area (Å²) in [6.45, 7) is -1.58. The van der Waals surface area contributed by atoms with Gasteiger partial charge < -0.3 is 35.1 Å². The third kappa shape index (κ3) is 11.9. The zero-order valence-electron chi connectivity index (χ0n) is 39.3. The van der Waals surface area contributed by atoms with E-state index in [0.29, 0.717) is 50.0 Å². The molecule has 0 spiro atoms. The van der Waals surface area contributed by atoms with Crippen molar-refractivity contribution in [2.75, 3.05) is 34.5 Å². The van der Waals surface area contributed by atoms with E-state index in [-0.39, 0.29) is 49.7 Å². The number of sulfonamides is 2. The fourth-order valence-electron chi connectivity index (χ4n) is 7.71. The van der Waals surface area contributed by atoms with E-state index in [4.69, 9.17) is 34.8 Å². The fourth-order valence-corrected chi connectivity index (χ4v) is 12.2. The standard InChI is InChI=1S/C50H51N9O10S3/c1-66-38-18-12-33(13-19-38)28-58(29-34-14-20-39(67-2)21-15-34)72(64,65)48-44(71(62,63)56-37(31-60)27-52-50(61)69-32-36-8-5-4-6-9-36)25-24-41(42-10-7-11-43-47(42)53-45(26-51)70-43)46(48)49-54-57-59(55-49)30-35-16-22-40(68-3)23-17-35/h4-25,37,56,60H,26-32,51H2,1-3H3,(H,52,61). The molecule has 6 aromatic carbocycles. The normalized spacial score (nSPS) is 12.2. The molecular formula is C50H51N9O10S3. The number of thiazole rings is 1. The number of aliphatic hydroxyl groups is 1. The van der Waals surface area contributed by atoms with Gasteiger partial charge in [-0.1, -0.05) is 84.9 Å². The van der Waals surface area contributed by atoms with Gasteiger partial charge in [-0.2, -0.15) is 9.10 Å². The average molecular weight is 1030 g/mol. The highest BCUT2D eigenvalue weighted by Crippen LogP contribution is 2.44. The highest BCUT2D eigenvalue weighted by Gasteiger charge is 2.39. The monoisotopic (exact) mass is 1030 g/mol. The first-order valence-corrected chi connectivity index (χ1v) is 26.1. The lowest BCUT2D eigenvalue weighted by molar-refractivity contribution is 0.137. The van der Waals surface area contributed by atoms with Crippen molar-refractivity contribution in [3.05, 3.63) is 161 Å². The number of methoxy groups -OCH3 is 3. The number of nitrogens with zero attached hydrogens (tertiary/aromatic N) is 6. The number of tetrazole rings is 1. The Morgan fingerprint density at radius 1 is 0.750 bits per heavy atom. The largest absolute Gasteiger partial charge is 0.497 e. The smallest absolute Gasteiger partial charge is 0.407 e. The number of benzene rings is 6. The molecule has 19 nitrogen and oxygen atoms in total. The van der Waals surface area contributed by atoms with Crippen LogP contribution in [-0.2, 0) is 57.6 Å². The van der Waals surface area contributed by atoms with Crippen LogP contribution in [0, 0.1) is 0 Å². The fraction of sp³-hybridized carbons (Fsp3) is 0.220. The zero-order valence-corrected chi connectivity index (χ0v) is 41.8. The molecule has 8 aromatic rings.